The first-order valence-electron chi connectivity index (χ1n) is 4.57. The fraction of sp³-hybridized carbons (Fsp3) is 0.300. The van der Waals surface area contributed by atoms with E-state index in [1.807, 2.05) is 18.9 Å². The van der Waals surface area contributed by atoms with Crippen molar-refractivity contribution in [2.45, 2.75) is 6.92 Å². The van der Waals surface area contributed by atoms with Gasteiger partial charge in [0.15, 0.2) is 0 Å². The zero-order valence-corrected chi connectivity index (χ0v) is 10.7. The van der Waals surface area contributed by atoms with Crippen molar-refractivity contribution in [1.82, 2.24) is 4.98 Å². The van der Waals surface area contributed by atoms with Crippen molar-refractivity contribution in [3.8, 4) is 0 Å². The minimum absolute atomic E-state index is 0.0284. The molecule has 16 heavy (non-hydrogen) atoms. The van der Waals surface area contributed by atoms with Crippen LogP contribution in [0.3, 0.4) is 0 Å². The van der Waals surface area contributed by atoms with Crippen LogP contribution in [0.25, 0.3) is 0 Å². The van der Waals surface area contributed by atoms with Crippen LogP contribution >= 0.6 is 15.9 Å². The van der Waals surface area contributed by atoms with Gasteiger partial charge in [-0.1, -0.05) is 12.2 Å². The first-order valence-corrected chi connectivity index (χ1v) is 5.36. The normalized spacial score (nSPS) is 9.94. The van der Waals surface area contributed by atoms with Gasteiger partial charge in [0, 0.05) is 19.7 Å². The van der Waals surface area contributed by atoms with Gasteiger partial charge in [-0.05, 0) is 22.9 Å². The molecule has 86 valence electrons. The van der Waals surface area contributed by atoms with E-state index in [1.54, 1.807) is 0 Å². The number of pyridine rings is 1. The molecule has 0 amide bonds. The number of rotatable bonds is 4. The second-order valence-electron chi connectivity index (χ2n) is 3.57. The molecular formula is C10H12BrN3O2. The van der Waals surface area contributed by atoms with Crippen molar-refractivity contribution in [2.24, 2.45) is 0 Å². The summed E-state index contributed by atoms with van der Waals surface area (Å²) < 4.78 is 0.602. The zero-order chi connectivity index (χ0) is 12.3. The minimum atomic E-state index is -0.472. The fourth-order valence-corrected chi connectivity index (χ4v) is 1.92. The van der Waals surface area contributed by atoms with Gasteiger partial charge in [0.2, 0.25) is 0 Å². The molecule has 0 aliphatic carbocycles. The Hall–Kier alpha value is -1.43. The molecule has 0 atom stereocenters. The van der Waals surface area contributed by atoms with Gasteiger partial charge in [-0.25, -0.2) is 4.98 Å². The van der Waals surface area contributed by atoms with E-state index in [0.29, 0.717) is 16.8 Å². The molecule has 0 aliphatic rings. The van der Waals surface area contributed by atoms with E-state index < -0.39 is 4.92 Å². The van der Waals surface area contributed by atoms with Crippen molar-refractivity contribution < 1.29 is 4.92 Å². The highest BCUT2D eigenvalue weighted by Gasteiger charge is 2.13. The number of halogens is 1. The number of hydrogen-bond acceptors (Lipinski definition) is 4. The number of hydrogen-bond donors (Lipinski definition) is 0. The smallest absolute Gasteiger partial charge is 0.288 e. The number of likely N-dealkylation sites (N-methyl/N-ethyl adjacent to an activating group) is 1. The number of aromatic nitrogens is 1. The van der Waals surface area contributed by atoms with Crippen LogP contribution in [0.4, 0.5) is 11.5 Å². The van der Waals surface area contributed by atoms with Crippen LogP contribution in [-0.4, -0.2) is 23.5 Å². The maximum atomic E-state index is 10.5. The summed E-state index contributed by atoms with van der Waals surface area (Å²) in [6.45, 7) is 6.37. The lowest BCUT2D eigenvalue weighted by atomic mass is 10.3. The molecule has 0 fully saturated rings. The van der Waals surface area contributed by atoms with Crippen LogP contribution in [0.1, 0.15) is 6.92 Å². The van der Waals surface area contributed by atoms with Crippen molar-refractivity contribution >= 4 is 27.4 Å². The first kappa shape index (κ1) is 12.6. The Morgan fingerprint density at radius 1 is 1.75 bits per heavy atom. The van der Waals surface area contributed by atoms with Crippen LogP contribution in [0, 0.1) is 10.1 Å². The van der Waals surface area contributed by atoms with Gasteiger partial charge >= 0.3 is 0 Å². The molecule has 1 rings (SSSR count). The summed E-state index contributed by atoms with van der Waals surface area (Å²) in [6.07, 6.45) is 1.25. The lowest BCUT2D eigenvalue weighted by Crippen LogP contribution is -2.20. The summed E-state index contributed by atoms with van der Waals surface area (Å²) in [7, 11) is 1.85. The van der Waals surface area contributed by atoms with E-state index in [1.165, 1.54) is 12.3 Å². The predicted molar refractivity (Wildman–Crippen MR) is 66.7 cm³/mol. The van der Waals surface area contributed by atoms with Gasteiger partial charge in [0.25, 0.3) is 5.69 Å². The number of anilines is 1. The maximum absolute atomic E-state index is 10.5. The standard InChI is InChI=1S/C10H12BrN3O2/c1-7(2)6-13(3)10-9(11)4-8(5-12-10)14(15)16/h4-5H,1,6H2,2-3H3. The summed E-state index contributed by atoms with van der Waals surface area (Å²) in [4.78, 5) is 16.0. The Kier molecular flexibility index (Phi) is 4.00. The Morgan fingerprint density at radius 2 is 2.38 bits per heavy atom. The Morgan fingerprint density at radius 3 is 2.81 bits per heavy atom. The molecule has 0 aliphatic heterocycles. The minimum Gasteiger partial charge on any atom is -0.355 e. The molecule has 0 spiro atoms. The summed E-state index contributed by atoms with van der Waals surface area (Å²) in [5.74, 6) is 0.661. The Balaban J connectivity index is 2.98. The summed E-state index contributed by atoms with van der Waals surface area (Å²) in [6, 6.07) is 1.44. The van der Waals surface area contributed by atoms with E-state index in [2.05, 4.69) is 27.5 Å². The summed E-state index contributed by atoms with van der Waals surface area (Å²) >= 11 is 3.27. The molecule has 0 bridgehead atoms. The topological polar surface area (TPSA) is 59.3 Å². The van der Waals surface area contributed by atoms with Gasteiger partial charge in [-0.15, -0.1) is 0 Å². The van der Waals surface area contributed by atoms with E-state index in [4.69, 9.17) is 0 Å². The third kappa shape index (κ3) is 3.03. The highest BCUT2D eigenvalue weighted by Crippen LogP contribution is 2.26. The molecule has 0 saturated carbocycles. The third-order valence-electron chi connectivity index (χ3n) is 1.89. The van der Waals surface area contributed by atoms with E-state index in [9.17, 15) is 10.1 Å². The lowest BCUT2D eigenvalue weighted by Gasteiger charge is -2.18. The Bertz CT molecular complexity index is 434. The molecule has 0 N–H and O–H groups in total. The van der Waals surface area contributed by atoms with Gasteiger partial charge in [-0.2, -0.15) is 0 Å². The second-order valence-corrected chi connectivity index (χ2v) is 4.42. The first-order chi connectivity index (χ1) is 7.41. The number of nitro groups is 1. The van der Waals surface area contributed by atoms with Gasteiger partial charge in [0.1, 0.15) is 12.0 Å². The molecule has 1 aromatic rings. The molecule has 5 nitrogen and oxygen atoms in total. The molecule has 1 heterocycles. The molecule has 0 aromatic carbocycles. The SMILES string of the molecule is C=C(C)CN(C)c1ncc([N+](=O)[O-])cc1Br. The van der Waals surface area contributed by atoms with Crippen LogP contribution in [-0.2, 0) is 0 Å². The van der Waals surface area contributed by atoms with E-state index in [0.717, 1.165) is 5.57 Å². The predicted octanol–water partition coefficient (Wildman–Crippen LogP) is 2.76. The summed E-state index contributed by atoms with van der Waals surface area (Å²) in [5, 5.41) is 10.5. The van der Waals surface area contributed by atoms with Crippen molar-refractivity contribution in [1.29, 1.82) is 0 Å². The van der Waals surface area contributed by atoms with Gasteiger partial charge < -0.3 is 4.90 Å². The van der Waals surface area contributed by atoms with Gasteiger partial charge in [0.05, 0.1) is 9.40 Å². The van der Waals surface area contributed by atoms with Crippen LogP contribution in [0.15, 0.2) is 28.9 Å². The van der Waals surface area contributed by atoms with Crippen molar-refractivity contribution in [3.05, 3.63) is 39.0 Å². The molecule has 1 aromatic heterocycles. The quantitative estimate of drug-likeness (QED) is 0.485. The monoisotopic (exact) mass is 285 g/mol. The van der Waals surface area contributed by atoms with Gasteiger partial charge in [-0.3, -0.25) is 10.1 Å². The average Bonchev–Trinajstić information content (AvgIpc) is 2.15. The fourth-order valence-electron chi connectivity index (χ4n) is 1.28. The molecule has 0 radical (unpaired) electrons. The maximum Gasteiger partial charge on any atom is 0.288 e. The number of nitrogens with zero attached hydrogens (tertiary/aromatic N) is 3. The summed E-state index contributed by atoms with van der Waals surface area (Å²) in [5.41, 5.74) is 0.967. The second kappa shape index (κ2) is 5.07. The van der Waals surface area contributed by atoms with Crippen molar-refractivity contribution in [3.63, 3.8) is 0 Å². The van der Waals surface area contributed by atoms with Crippen molar-refractivity contribution in [2.75, 3.05) is 18.5 Å². The highest BCUT2D eigenvalue weighted by atomic mass is 79.9. The molecule has 6 heteroatoms. The van der Waals surface area contributed by atoms with E-state index >= 15 is 0 Å². The zero-order valence-electron chi connectivity index (χ0n) is 9.11. The average molecular weight is 286 g/mol. The highest BCUT2D eigenvalue weighted by molar-refractivity contribution is 9.10. The largest absolute Gasteiger partial charge is 0.355 e. The molecular weight excluding hydrogens is 274 g/mol. The lowest BCUT2D eigenvalue weighted by molar-refractivity contribution is -0.385. The van der Waals surface area contributed by atoms with E-state index in [-0.39, 0.29) is 5.69 Å². The molecule has 0 saturated heterocycles. The van der Waals surface area contributed by atoms with Crippen LogP contribution in [0.2, 0.25) is 0 Å². The van der Waals surface area contributed by atoms with Crippen LogP contribution < -0.4 is 4.90 Å². The third-order valence-corrected chi connectivity index (χ3v) is 2.47. The van der Waals surface area contributed by atoms with Crippen LogP contribution in [0.5, 0.6) is 0 Å². The Labute approximate surface area is 102 Å². The molecule has 0 unspecified atom stereocenters.